The fourth-order valence-electron chi connectivity index (χ4n) is 4.26. The molecule has 1 aliphatic carbocycles. The molecule has 3 aromatic rings. The molecule has 1 atom stereocenters. The van der Waals surface area contributed by atoms with Gasteiger partial charge in [-0.1, -0.05) is 43.0 Å². The summed E-state index contributed by atoms with van der Waals surface area (Å²) < 4.78 is 5.10. The van der Waals surface area contributed by atoms with E-state index in [1.807, 2.05) is 0 Å². The lowest BCUT2D eigenvalue weighted by Gasteiger charge is -2.33. The number of hydrogen-bond acceptors (Lipinski definition) is 5. The van der Waals surface area contributed by atoms with E-state index in [1.54, 1.807) is 48.7 Å². The number of amides is 3. The van der Waals surface area contributed by atoms with Crippen molar-refractivity contribution in [3.05, 3.63) is 83.5 Å². The molecule has 8 nitrogen and oxygen atoms in total. The van der Waals surface area contributed by atoms with E-state index in [-0.39, 0.29) is 24.3 Å². The number of pyridine rings is 1. The first-order chi connectivity index (χ1) is 17.0. The van der Waals surface area contributed by atoms with E-state index in [0.717, 1.165) is 32.1 Å². The van der Waals surface area contributed by atoms with Crippen LogP contribution in [0.25, 0.3) is 0 Å². The Hall–Kier alpha value is -3.65. The molecule has 1 saturated carbocycles. The van der Waals surface area contributed by atoms with Crippen molar-refractivity contribution in [2.75, 3.05) is 11.4 Å². The van der Waals surface area contributed by atoms with Gasteiger partial charge in [-0.2, -0.15) is 0 Å². The zero-order chi connectivity index (χ0) is 24.6. The van der Waals surface area contributed by atoms with Gasteiger partial charge in [-0.25, -0.2) is 0 Å². The minimum atomic E-state index is -0.980. The van der Waals surface area contributed by atoms with Crippen molar-refractivity contribution in [3.63, 3.8) is 0 Å². The van der Waals surface area contributed by atoms with Gasteiger partial charge in [0.1, 0.15) is 6.04 Å². The molecule has 182 valence electrons. The molecule has 4 rings (SSSR count). The SMILES string of the molecule is O=C(NCC(=O)N(c1cccnc1)C(C(=O)NC1CCCCC1)c1ccc(Cl)cc1)c1ccco1. The number of rotatable bonds is 8. The van der Waals surface area contributed by atoms with Gasteiger partial charge in [-0.05, 0) is 54.8 Å². The molecule has 1 unspecified atom stereocenters. The number of nitrogens with one attached hydrogen (secondary N) is 2. The number of nitrogens with zero attached hydrogens (tertiary/aromatic N) is 2. The van der Waals surface area contributed by atoms with Crippen LogP contribution in [-0.4, -0.2) is 35.3 Å². The minimum absolute atomic E-state index is 0.0514. The molecule has 1 aromatic carbocycles. The van der Waals surface area contributed by atoms with Crippen molar-refractivity contribution >= 4 is 35.0 Å². The highest BCUT2D eigenvalue weighted by atomic mass is 35.5. The third-order valence-electron chi connectivity index (χ3n) is 5.98. The maximum Gasteiger partial charge on any atom is 0.287 e. The van der Waals surface area contributed by atoms with Crippen LogP contribution in [0.15, 0.2) is 71.6 Å². The predicted molar refractivity (Wildman–Crippen MR) is 132 cm³/mol. The van der Waals surface area contributed by atoms with E-state index in [4.69, 9.17) is 16.0 Å². The normalized spacial score (nSPS) is 14.7. The van der Waals surface area contributed by atoms with Crippen molar-refractivity contribution < 1.29 is 18.8 Å². The lowest BCUT2D eigenvalue weighted by molar-refractivity contribution is -0.127. The van der Waals surface area contributed by atoms with Gasteiger partial charge in [0.15, 0.2) is 5.76 Å². The Labute approximate surface area is 208 Å². The molecule has 2 heterocycles. The second-order valence-electron chi connectivity index (χ2n) is 8.43. The van der Waals surface area contributed by atoms with Crippen LogP contribution in [-0.2, 0) is 9.59 Å². The standard InChI is InChI=1S/C26H27ClN4O4/c27-19-12-10-18(11-13-19)24(26(34)30-20-6-2-1-3-7-20)31(21-8-4-14-28-16-21)23(32)17-29-25(33)22-9-5-15-35-22/h4-5,8-16,20,24H,1-3,6-7,17H2,(H,29,33)(H,30,34). The zero-order valence-electron chi connectivity index (χ0n) is 19.2. The molecule has 2 aromatic heterocycles. The first-order valence-electron chi connectivity index (χ1n) is 11.6. The monoisotopic (exact) mass is 494 g/mol. The summed E-state index contributed by atoms with van der Waals surface area (Å²) in [4.78, 5) is 45.1. The first-order valence-corrected chi connectivity index (χ1v) is 12.0. The Morgan fingerprint density at radius 3 is 2.49 bits per heavy atom. The van der Waals surface area contributed by atoms with E-state index in [9.17, 15) is 14.4 Å². The van der Waals surface area contributed by atoms with Crippen molar-refractivity contribution in [3.8, 4) is 0 Å². The molecule has 0 spiro atoms. The molecule has 35 heavy (non-hydrogen) atoms. The summed E-state index contributed by atoms with van der Waals surface area (Å²) in [5.41, 5.74) is 1.03. The first kappa shape index (κ1) is 24.5. The van der Waals surface area contributed by atoms with E-state index in [2.05, 4.69) is 15.6 Å². The van der Waals surface area contributed by atoms with Gasteiger partial charge in [-0.3, -0.25) is 24.3 Å². The molecular formula is C26H27ClN4O4. The van der Waals surface area contributed by atoms with Crippen molar-refractivity contribution in [2.24, 2.45) is 0 Å². The highest BCUT2D eigenvalue weighted by Gasteiger charge is 2.34. The molecule has 9 heteroatoms. The third kappa shape index (κ3) is 6.27. The largest absolute Gasteiger partial charge is 0.459 e. The summed E-state index contributed by atoms with van der Waals surface area (Å²) in [6, 6.07) is 12.4. The Bertz CT molecular complexity index is 1130. The molecule has 2 N–H and O–H groups in total. The van der Waals surface area contributed by atoms with E-state index in [0.29, 0.717) is 16.3 Å². The topological polar surface area (TPSA) is 105 Å². The van der Waals surface area contributed by atoms with Crippen LogP contribution in [0, 0.1) is 0 Å². The maximum absolute atomic E-state index is 13.7. The number of aromatic nitrogens is 1. The van der Waals surface area contributed by atoms with Crippen LogP contribution in [0.1, 0.15) is 54.3 Å². The number of halogens is 1. The maximum atomic E-state index is 13.7. The van der Waals surface area contributed by atoms with Crippen LogP contribution in [0.3, 0.4) is 0 Å². The molecule has 0 bridgehead atoms. The number of carbonyl (C=O) groups is 3. The Morgan fingerprint density at radius 2 is 1.83 bits per heavy atom. The molecule has 1 fully saturated rings. The average molecular weight is 495 g/mol. The molecular weight excluding hydrogens is 468 g/mol. The van der Waals surface area contributed by atoms with Gasteiger partial charge >= 0.3 is 0 Å². The minimum Gasteiger partial charge on any atom is -0.459 e. The summed E-state index contributed by atoms with van der Waals surface area (Å²) in [6.45, 7) is -0.338. The van der Waals surface area contributed by atoms with Crippen LogP contribution in [0.4, 0.5) is 5.69 Å². The number of benzene rings is 1. The van der Waals surface area contributed by atoms with Crippen LogP contribution in [0.5, 0.6) is 0 Å². The van der Waals surface area contributed by atoms with Crippen LogP contribution in [0.2, 0.25) is 5.02 Å². The van der Waals surface area contributed by atoms with E-state index in [1.165, 1.54) is 23.4 Å². The quantitative estimate of drug-likeness (QED) is 0.486. The predicted octanol–water partition coefficient (Wildman–Crippen LogP) is 4.28. The smallest absolute Gasteiger partial charge is 0.287 e. The highest BCUT2D eigenvalue weighted by Crippen LogP contribution is 2.29. The fourth-order valence-corrected chi connectivity index (χ4v) is 4.39. The number of anilines is 1. The Kier molecular flexibility index (Phi) is 8.15. The van der Waals surface area contributed by atoms with Crippen LogP contribution < -0.4 is 15.5 Å². The lowest BCUT2D eigenvalue weighted by atomic mass is 9.94. The fraction of sp³-hybridized carbons (Fsp3) is 0.308. The van der Waals surface area contributed by atoms with Crippen LogP contribution >= 0.6 is 11.6 Å². The molecule has 0 aliphatic heterocycles. The van der Waals surface area contributed by atoms with Gasteiger partial charge < -0.3 is 15.1 Å². The molecule has 0 radical (unpaired) electrons. The molecule has 1 aliphatic rings. The lowest BCUT2D eigenvalue weighted by Crippen LogP contribution is -2.49. The second kappa shape index (κ2) is 11.7. The summed E-state index contributed by atoms with van der Waals surface area (Å²) in [5.74, 6) is -1.20. The number of carbonyl (C=O) groups excluding carboxylic acids is 3. The molecule has 0 saturated heterocycles. The zero-order valence-corrected chi connectivity index (χ0v) is 19.9. The van der Waals surface area contributed by atoms with Crippen molar-refractivity contribution in [1.82, 2.24) is 15.6 Å². The van der Waals surface area contributed by atoms with E-state index >= 15 is 0 Å². The van der Waals surface area contributed by atoms with Crippen molar-refractivity contribution in [2.45, 2.75) is 44.2 Å². The summed E-state index contributed by atoms with van der Waals surface area (Å²) in [7, 11) is 0. The van der Waals surface area contributed by atoms with Gasteiger partial charge in [-0.15, -0.1) is 0 Å². The summed E-state index contributed by atoms with van der Waals surface area (Å²) in [5, 5.41) is 6.23. The van der Waals surface area contributed by atoms with Crippen molar-refractivity contribution in [1.29, 1.82) is 0 Å². The van der Waals surface area contributed by atoms with Gasteiger partial charge in [0.05, 0.1) is 24.7 Å². The average Bonchev–Trinajstić information content (AvgIpc) is 3.43. The summed E-state index contributed by atoms with van der Waals surface area (Å²) in [6.07, 6.45) is 9.56. The highest BCUT2D eigenvalue weighted by molar-refractivity contribution is 6.30. The Morgan fingerprint density at radius 1 is 1.06 bits per heavy atom. The van der Waals surface area contributed by atoms with Gasteiger partial charge in [0.25, 0.3) is 5.91 Å². The molecule has 3 amide bonds. The third-order valence-corrected chi connectivity index (χ3v) is 6.23. The number of furan rings is 1. The van der Waals surface area contributed by atoms with Gasteiger partial charge in [0, 0.05) is 17.3 Å². The van der Waals surface area contributed by atoms with Gasteiger partial charge in [0.2, 0.25) is 11.8 Å². The second-order valence-corrected chi connectivity index (χ2v) is 8.87. The Balaban J connectivity index is 1.65. The van der Waals surface area contributed by atoms with E-state index < -0.39 is 17.9 Å². The number of hydrogen-bond donors (Lipinski definition) is 2. The summed E-state index contributed by atoms with van der Waals surface area (Å²) >= 11 is 6.10.